The van der Waals surface area contributed by atoms with E-state index in [1.807, 2.05) is 6.92 Å². The van der Waals surface area contributed by atoms with Crippen molar-refractivity contribution in [2.24, 2.45) is 0 Å². The van der Waals surface area contributed by atoms with Crippen molar-refractivity contribution >= 4 is 6.09 Å². The van der Waals surface area contributed by atoms with Gasteiger partial charge in [0.25, 0.3) is 0 Å². The lowest BCUT2D eigenvalue weighted by atomic mass is 10.1. The molecule has 1 aliphatic rings. The van der Waals surface area contributed by atoms with E-state index in [0.29, 0.717) is 5.56 Å². The van der Waals surface area contributed by atoms with Crippen LogP contribution < -0.4 is 0 Å². The zero-order valence-electron chi connectivity index (χ0n) is 10.6. The molecule has 0 N–H and O–H groups in total. The summed E-state index contributed by atoms with van der Waals surface area (Å²) in [4.78, 5) is 13.0. The molecular formula is C13H14F3NO2. The molecule has 1 aromatic rings. The number of nitrogens with zero attached hydrogens (tertiary/aromatic N) is 1. The Morgan fingerprint density at radius 1 is 1.32 bits per heavy atom. The molecular weight excluding hydrogens is 259 g/mol. The van der Waals surface area contributed by atoms with Crippen LogP contribution in [0.2, 0.25) is 0 Å². The van der Waals surface area contributed by atoms with Gasteiger partial charge in [-0.25, -0.2) is 4.79 Å². The van der Waals surface area contributed by atoms with Crippen molar-refractivity contribution in [3.05, 3.63) is 35.4 Å². The van der Waals surface area contributed by atoms with Crippen LogP contribution in [0.15, 0.2) is 24.3 Å². The molecule has 0 aliphatic carbocycles. The predicted molar refractivity (Wildman–Crippen MR) is 62.4 cm³/mol. The summed E-state index contributed by atoms with van der Waals surface area (Å²) >= 11 is 0. The second-order valence-corrected chi connectivity index (χ2v) is 4.66. The highest BCUT2D eigenvalue weighted by Crippen LogP contribution is 2.30. The van der Waals surface area contributed by atoms with Crippen LogP contribution in [0.1, 0.15) is 25.0 Å². The SMILES string of the molecule is C[C@@H]1[C@@H](C)OC(=O)N1Cc1cccc(C(F)(F)F)c1. The number of alkyl halides is 3. The average molecular weight is 273 g/mol. The largest absolute Gasteiger partial charge is 0.444 e. The molecule has 1 heterocycles. The number of rotatable bonds is 2. The molecule has 1 saturated heterocycles. The maximum absolute atomic E-state index is 12.6. The van der Waals surface area contributed by atoms with E-state index in [4.69, 9.17) is 4.74 Å². The van der Waals surface area contributed by atoms with Gasteiger partial charge in [-0.1, -0.05) is 12.1 Å². The molecule has 1 aromatic carbocycles. The van der Waals surface area contributed by atoms with Gasteiger partial charge in [0.2, 0.25) is 0 Å². The Hall–Kier alpha value is -1.72. The summed E-state index contributed by atoms with van der Waals surface area (Å²) in [5, 5.41) is 0. The molecule has 0 aromatic heterocycles. The van der Waals surface area contributed by atoms with E-state index in [1.54, 1.807) is 13.0 Å². The van der Waals surface area contributed by atoms with E-state index in [-0.39, 0.29) is 18.7 Å². The van der Waals surface area contributed by atoms with Gasteiger partial charge < -0.3 is 4.74 Å². The Balaban J connectivity index is 2.18. The number of carbonyl (C=O) groups excluding carboxylic acids is 1. The van der Waals surface area contributed by atoms with Gasteiger partial charge in [0.15, 0.2) is 0 Å². The van der Waals surface area contributed by atoms with Crippen molar-refractivity contribution in [3.8, 4) is 0 Å². The maximum atomic E-state index is 12.6. The summed E-state index contributed by atoms with van der Waals surface area (Å²) in [6.07, 6.45) is -5.11. The van der Waals surface area contributed by atoms with Crippen LogP contribution in [-0.2, 0) is 17.5 Å². The minimum atomic E-state index is -4.37. The monoisotopic (exact) mass is 273 g/mol. The molecule has 2 rings (SSSR count). The Morgan fingerprint density at radius 2 is 2.00 bits per heavy atom. The molecule has 2 atom stereocenters. The van der Waals surface area contributed by atoms with E-state index in [2.05, 4.69) is 0 Å². The van der Waals surface area contributed by atoms with E-state index in [1.165, 1.54) is 11.0 Å². The number of ether oxygens (including phenoxy) is 1. The number of carbonyl (C=O) groups is 1. The summed E-state index contributed by atoms with van der Waals surface area (Å²) in [6.45, 7) is 3.69. The normalized spacial score (nSPS) is 23.6. The van der Waals surface area contributed by atoms with Crippen molar-refractivity contribution < 1.29 is 22.7 Å². The van der Waals surface area contributed by atoms with Crippen molar-refractivity contribution in [1.29, 1.82) is 0 Å². The first kappa shape index (κ1) is 13.7. The van der Waals surface area contributed by atoms with E-state index < -0.39 is 17.8 Å². The first-order valence-electron chi connectivity index (χ1n) is 5.92. The molecule has 0 bridgehead atoms. The smallest absolute Gasteiger partial charge is 0.416 e. The Labute approximate surface area is 109 Å². The molecule has 0 spiro atoms. The van der Waals surface area contributed by atoms with Gasteiger partial charge in [-0.2, -0.15) is 13.2 Å². The third kappa shape index (κ3) is 2.83. The minimum absolute atomic E-state index is 0.119. The second-order valence-electron chi connectivity index (χ2n) is 4.66. The summed E-state index contributed by atoms with van der Waals surface area (Å²) in [7, 11) is 0. The molecule has 6 heteroatoms. The summed E-state index contributed by atoms with van der Waals surface area (Å²) in [5.41, 5.74) is -0.272. The van der Waals surface area contributed by atoms with Crippen molar-refractivity contribution in [3.63, 3.8) is 0 Å². The van der Waals surface area contributed by atoms with Gasteiger partial charge in [0, 0.05) is 6.54 Å². The van der Waals surface area contributed by atoms with Crippen LogP contribution >= 0.6 is 0 Å². The van der Waals surface area contributed by atoms with Crippen LogP contribution in [-0.4, -0.2) is 23.1 Å². The summed E-state index contributed by atoms with van der Waals surface area (Å²) < 4.78 is 42.8. The maximum Gasteiger partial charge on any atom is 0.416 e. The van der Waals surface area contributed by atoms with Crippen LogP contribution in [0, 0.1) is 0 Å². The fraction of sp³-hybridized carbons (Fsp3) is 0.462. The molecule has 3 nitrogen and oxygen atoms in total. The average Bonchev–Trinajstić information content (AvgIpc) is 2.55. The topological polar surface area (TPSA) is 29.5 Å². The van der Waals surface area contributed by atoms with Crippen LogP contribution in [0.3, 0.4) is 0 Å². The Bertz CT molecular complexity index is 487. The lowest BCUT2D eigenvalue weighted by Gasteiger charge is -2.20. The van der Waals surface area contributed by atoms with E-state index in [0.717, 1.165) is 12.1 Å². The molecule has 1 fully saturated rings. The first-order valence-corrected chi connectivity index (χ1v) is 5.92. The Kier molecular flexibility index (Phi) is 3.43. The molecule has 0 unspecified atom stereocenters. The highest BCUT2D eigenvalue weighted by atomic mass is 19.4. The fourth-order valence-corrected chi connectivity index (χ4v) is 2.00. The van der Waals surface area contributed by atoms with E-state index >= 15 is 0 Å². The Morgan fingerprint density at radius 3 is 2.53 bits per heavy atom. The van der Waals surface area contributed by atoms with Crippen LogP contribution in [0.5, 0.6) is 0 Å². The lowest BCUT2D eigenvalue weighted by Crippen LogP contribution is -2.32. The highest BCUT2D eigenvalue weighted by molar-refractivity contribution is 5.70. The van der Waals surface area contributed by atoms with Crippen molar-refractivity contribution in [1.82, 2.24) is 4.90 Å². The molecule has 1 aliphatic heterocycles. The third-order valence-electron chi connectivity index (χ3n) is 3.30. The van der Waals surface area contributed by atoms with E-state index in [9.17, 15) is 18.0 Å². The molecule has 0 saturated carbocycles. The van der Waals surface area contributed by atoms with Gasteiger partial charge >= 0.3 is 12.3 Å². The summed E-state index contributed by atoms with van der Waals surface area (Å²) in [6, 6.07) is 4.83. The highest BCUT2D eigenvalue weighted by Gasteiger charge is 2.36. The molecule has 1 amide bonds. The molecule has 19 heavy (non-hydrogen) atoms. The number of benzene rings is 1. The number of hydrogen-bond acceptors (Lipinski definition) is 2. The third-order valence-corrected chi connectivity index (χ3v) is 3.30. The molecule has 104 valence electrons. The molecule has 0 radical (unpaired) electrons. The first-order chi connectivity index (χ1) is 8.79. The number of halogens is 3. The lowest BCUT2D eigenvalue weighted by molar-refractivity contribution is -0.137. The van der Waals surface area contributed by atoms with Crippen LogP contribution in [0.25, 0.3) is 0 Å². The van der Waals surface area contributed by atoms with Gasteiger partial charge in [-0.15, -0.1) is 0 Å². The van der Waals surface area contributed by atoms with Gasteiger partial charge in [0.05, 0.1) is 11.6 Å². The zero-order chi connectivity index (χ0) is 14.2. The zero-order valence-corrected chi connectivity index (χ0v) is 10.6. The number of cyclic esters (lactones) is 1. The predicted octanol–water partition coefficient (Wildman–Crippen LogP) is 3.43. The standard InChI is InChI=1S/C13H14F3NO2/c1-8-9(2)19-12(18)17(8)7-10-4-3-5-11(6-10)13(14,15)16/h3-6,8-9H,7H2,1-2H3/t8-,9-/m1/s1. The minimum Gasteiger partial charge on any atom is -0.444 e. The van der Waals surface area contributed by atoms with Crippen molar-refractivity contribution in [2.75, 3.05) is 0 Å². The van der Waals surface area contributed by atoms with Crippen LogP contribution in [0.4, 0.5) is 18.0 Å². The fourth-order valence-electron chi connectivity index (χ4n) is 2.00. The van der Waals surface area contributed by atoms with Gasteiger partial charge in [-0.05, 0) is 31.5 Å². The van der Waals surface area contributed by atoms with Gasteiger partial charge in [0.1, 0.15) is 6.10 Å². The quantitative estimate of drug-likeness (QED) is 0.826. The summed E-state index contributed by atoms with van der Waals surface area (Å²) in [5.74, 6) is 0. The second kappa shape index (κ2) is 4.75. The number of amides is 1. The van der Waals surface area contributed by atoms with Gasteiger partial charge in [-0.3, -0.25) is 4.90 Å². The number of hydrogen-bond donors (Lipinski definition) is 0. The van der Waals surface area contributed by atoms with Crippen molar-refractivity contribution in [2.45, 2.75) is 38.7 Å².